The third kappa shape index (κ3) is 2.57. The number of anilines is 1. The van der Waals surface area contributed by atoms with Gasteiger partial charge in [-0.15, -0.1) is 0 Å². The zero-order chi connectivity index (χ0) is 14.8. The Morgan fingerprint density at radius 2 is 2.05 bits per heavy atom. The van der Waals surface area contributed by atoms with Crippen molar-refractivity contribution in [2.24, 2.45) is 0 Å². The molecular weight excluding hydrogens is 264 g/mol. The van der Waals surface area contributed by atoms with Crippen LogP contribution in [0.15, 0.2) is 42.5 Å². The number of rotatable bonds is 2. The number of para-hydroxylation sites is 2. The number of aryl methyl sites for hydroxylation is 1. The van der Waals surface area contributed by atoms with E-state index in [-0.39, 0.29) is 11.9 Å². The molecule has 1 aliphatic rings. The van der Waals surface area contributed by atoms with Gasteiger partial charge in [-0.1, -0.05) is 30.3 Å². The summed E-state index contributed by atoms with van der Waals surface area (Å²) in [6, 6.07) is 13.3. The van der Waals surface area contributed by atoms with Crippen LogP contribution in [0.3, 0.4) is 0 Å². The highest BCUT2D eigenvalue weighted by Gasteiger charge is 2.23. The molecular formula is C17H18N2O2. The maximum Gasteiger partial charge on any atom is 0.253 e. The third-order valence-electron chi connectivity index (χ3n) is 3.83. The first kappa shape index (κ1) is 13.5. The van der Waals surface area contributed by atoms with E-state index < -0.39 is 0 Å². The monoisotopic (exact) mass is 282 g/mol. The fraction of sp³-hybridized carbons (Fsp3) is 0.235. The molecule has 0 aromatic heterocycles. The molecule has 4 heteroatoms. The largest absolute Gasteiger partial charge is 0.493 e. The summed E-state index contributed by atoms with van der Waals surface area (Å²) in [5.74, 6) is 0.698. The van der Waals surface area contributed by atoms with Crippen molar-refractivity contribution < 1.29 is 9.53 Å². The minimum atomic E-state index is -0.141. The highest BCUT2D eigenvalue weighted by Crippen LogP contribution is 2.32. The summed E-state index contributed by atoms with van der Waals surface area (Å²) in [5.41, 5.74) is 8.99. The number of fused-ring (bicyclic) bond motifs is 1. The van der Waals surface area contributed by atoms with Crippen LogP contribution in [0, 0.1) is 6.92 Å². The van der Waals surface area contributed by atoms with Gasteiger partial charge in [-0.3, -0.25) is 4.79 Å². The van der Waals surface area contributed by atoms with E-state index in [4.69, 9.17) is 10.5 Å². The van der Waals surface area contributed by atoms with Gasteiger partial charge in [-0.25, -0.2) is 0 Å². The summed E-state index contributed by atoms with van der Waals surface area (Å²) in [6.45, 7) is 2.50. The molecule has 0 radical (unpaired) electrons. The van der Waals surface area contributed by atoms with Crippen LogP contribution in [0.1, 0.15) is 33.9 Å². The predicted octanol–water partition coefficient (Wildman–Crippen LogP) is 2.83. The van der Waals surface area contributed by atoms with Crippen molar-refractivity contribution in [3.8, 4) is 5.75 Å². The van der Waals surface area contributed by atoms with Gasteiger partial charge in [0.05, 0.1) is 18.2 Å². The van der Waals surface area contributed by atoms with Gasteiger partial charge in [0.15, 0.2) is 0 Å². The lowest BCUT2D eigenvalue weighted by Gasteiger charge is -2.26. The van der Waals surface area contributed by atoms with Crippen molar-refractivity contribution in [3.05, 3.63) is 59.2 Å². The number of amides is 1. The molecule has 0 saturated carbocycles. The number of ether oxygens (including phenoxy) is 1. The highest BCUT2D eigenvalue weighted by molar-refractivity contribution is 6.00. The number of hydrogen-bond donors (Lipinski definition) is 2. The zero-order valence-electron chi connectivity index (χ0n) is 11.9. The quantitative estimate of drug-likeness (QED) is 0.832. The van der Waals surface area contributed by atoms with Gasteiger partial charge < -0.3 is 15.8 Å². The van der Waals surface area contributed by atoms with Crippen LogP contribution in [-0.2, 0) is 0 Å². The molecule has 0 bridgehead atoms. The smallest absolute Gasteiger partial charge is 0.253 e. The van der Waals surface area contributed by atoms with Gasteiger partial charge in [0.1, 0.15) is 5.75 Å². The Morgan fingerprint density at radius 1 is 1.24 bits per heavy atom. The maximum atomic E-state index is 12.5. The van der Waals surface area contributed by atoms with E-state index in [1.807, 2.05) is 43.3 Å². The van der Waals surface area contributed by atoms with Crippen LogP contribution < -0.4 is 15.8 Å². The van der Waals surface area contributed by atoms with Gasteiger partial charge in [0.2, 0.25) is 0 Å². The summed E-state index contributed by atoms with van der Waals surface area (Å²) in [5, 5.41) is 3.06. The Balaban J connectivity index is 1.85. The van der Waals surface area contributed by atoms with Gasteiger partial charge in [-0.05, 0) is 24.6 Å². The van der Waals surface area contributed by atoms with Gasteiger partial charge >= 0.3 is 0 Å². The number of hydrogen-bond acceptors (Lipinski definition) is 3. The number of nitrogens with two attached hydrogens (primary N) is 1. The van der Waals surface area contributed by atoms with Crippen LogP contribution in [-0.4, -0.2) is 12.5 Å². The molecule has 0 aliphatic carbocycles. The summed E-state index contributed by atoms with van der Waals surface area (Å²) >= 11 is 0. The molecule has 1 heterocycles. The van der Waals surface area contributed by atoms with E-state index >= 15 is 0 Å². The Bertz CT molecular complexity index is 682. The first-order valence-electron chi connectivity index (χ1n) is 7.04. The first-order chi connectivity index (χ1) is 10.2. The first-order valence-corrected chi connectivity index (χ1v) is 7.04. The Hall–Kier alpha value is -2.49. The van der Waals surface area contributed by atoms with Crippen LogP contribution >= 0.6 is 0 Å². The normalized spacial score (nSPS) is 16.7. The lowest BCUT2D eigenvalue weighted by atomic mass is 9.99. The molecule has 0 spiro atoms. The fourth-order valence-corrected chi connectivity index (χ4v) is 2.61. The Labute approximate surface area is 123 Å². The van der Waals surface area contributed by atoms with E-state index in [0.717, 1.165) is 23.3 Å². The SMILES string of the molecule is Cc1cccc(C(=O)NC2CCOc3ccccc32)c1N. The second-order valence-corrected chi connectivity index (χ2v) is 5.24. The van der Waals surface area contributed by atoms with Gasteiger partial charge in [0, 0.05) is 17.7 Å². The average Bonchev–Trinajstić information content (AvgIpc) is 2.50. The van der Waals surface area contributed by atoms with Crippen LogP contribution in [0.4, 0.5) is 5.69 Å². The van der Waals surface area contributed by atoms with E-state index in [1.165, 1.54) is 0 Å². The van der Waals surface area contributed by atoms with Crippen molar-refractivity contribution in [2.75, 3.05) is 12.3 Å². The van der Waals surface area contributed by atoms with Gasteiger partial charge in [0.25, 0.3) is 5.91 Å². The van der Waals surface area contributed by atoms with Crippen molar-refractivity contribution in [2.45, 2.75) is 19.4 Å². The van der Waals surface area contributed by atoms with Crippen molar-refractivity contribution in [1.29, 1.82) is 0 Å². The number of benzene rings is 2. The second kappa shape index (κ2) is 5.48. The van der Waals surface area contributed by atoms with Crippen LogP contribution in [0.25, 0.3) is 0 Å². The predicted molar refractivity (Wildman–Crippen MR) is 82.4 cm³/mol. The molecule has 2 aromatic rings. The molecule has 4 nitrogen and oxygen atoms in total. The summed E-state index contributed by atoms with van der Waals surface area (Å²) in [4.78, 5) is 12.5. The van der Waals surface area contributed by atoms with E-state index in [1.54, 1.807) is 6.07 Å². The lowest BCUT2D eigenvalue weighted by Crippen LogP contribution is -2.32. The van der Waals surface area contributed by atoms with Crippen molar-refractivity contribution in [3.63, 3.8) is 0 Å². The molecule has 0 saturated heterocycles. The van der Waals surface area contributed by atoms with Crippen molar-refractivity contribution in [1.82, 2.24) is 5.32 Å². The van der Waals surface area contributed by atoms with E-state index in [2.05, 4.69) is 5.32 Å². The Morgan fingerprint density at radius 3 is 2.90 bits per heavy atom. The zero-order valence-corrected chi connectivity index (χ0v) is 11.9. The molecule has 21 heavy (non-hydrogen) atoms. The van der Waals surface area contributed by atoms with Crippen molar-refractivity contribution >= 4 is 11.6 Å². The minimum Gasteiger partial charge on any atom is -0.493 e. The molecule has 1 amide bonds. The maximum absolute atomic E-state index is 12.5. The number of carbonyl (C=O) groups is 1. The fourth-order valence-electron chi connectivity index (χ4n) is 2.61. The molecule has 3 N–H and O–H groups in total. The average molecular weight is 282 g/mol. The third-order valence-corrected chi connectivity index (χ3v) is 3.83. The van der Waals surface area contributed by atoms with E-state index in [9.17, 15) is 4.79 Å². The van der Waals surface area contributed by atoms with Crippen LogP contribution in [0.5, 0.6) is 5.75 Å². The molecule has 1 atom stereocenters. The number of nitrogens with one attached hydrogen (secondary N) is 1. The molecule has 1 aliphatic heterocycles. The Kier molecular flexibility index (Phi) is 3.52. The summed E-state index contributed by atoms with van der Waals surface area (Å²) < 4.78 is 5.61. The molecule has 2 aromatic carbocycles. The van der Waals surface area contributed by atoms with Crippen LogP contribution in [0.2, 0.25) is 0 Å². The molecule has 1 unspecified atom stereocenters. The molecule has 0 fully saturated rings. The van der Waals surface area contributed by atoms with Gasteiger partial charge in [-0.2, -0.15) is 0 Å². The summed E-state index contributed by atoms with van der Waals surface area (Å²) in [6.07, 6.45) is 0.758. The lowest BCUT2D eigenvalue weighted by molar-refractivity contribution is 0.0925. The molecule has 3 rings (SSSR count). The topological polar surface area (TPSA) is 64.3 Å². The number of nitrogen functional groups attached to an aromatic ring is 1. The number of carbonyl (C=O) groups excluding carboxylic acids is 1. The second-order valence-electron chi connectivity index (χ2n) is 5.24. The van der Waals surface area contributed by atoms with E-state index in [0.29, 0.717) is 17.9 Å². The highest BCUT2D eigenvalue weighted by atomic mass is 16.5. The standard InChI is InChI=1S/C17H18N2O2/c1-11-5-4-7-13(16(11)18)17(20)19-14-9-10-21-15-8-3-2-6-12(14)15/h2-8,14H,9-10,18H2,1H3,(H,19,20). The molecule has 108 valence electrons. The minimum absolute atomic E-state index is 0.0395. The summed E-state index contributed by atoms with van der Waals surface area (Å²) in [7, 11) is 0.